The number of aliphatic carboxylic acids is 1. The molecule has 37 heavy (non-hydrogen) atoms. The van der Waals surface area contributed by atoms with Gasteiger partial charge in [-0.2, -0.15) is 4.80 Å². The second-order valence-corrected chi connectivity index (χ2v) is 10.3. The van der Waals surface area contributed by atoms with Gasteiger partial charge in [-0.05, 0) is 40.5 Å². The van der Waals surface area contributed by atoms with Crippen molar-refractivity contribution in [1.29, 1.82) is 0 Å². The Morgan fingerprint density at radius 3 is 2.65 bits per heavy atom. The zero-order valence-electron chi connectivity index (χ0n) is 20.4. The predicted molar refractivity (Wildman–Crippen MR) is 141 cm³/mol. The Morgan fingerprint density at radius 1 is 1.11 bits per heavy atom. The van der Waals surface area contributed by atoms with E-state index in [2.05, 4.69) is 80.8 Å². The van der Waals surface area contributed by atoms with Gasteiger partial charge in [0.15, 0.2) is 11.7 Å². The molecule has 6 rings (SSSR count). The van der Waals surface area contributed by atoms with Crippen LogP contribution in [0.15, 0.2) is 60.8 Å². The molecule has 2 aliphatic heterocycles. The molecule has 2 aliphatic rings. The summed E-state index contributed by atoms with van der Waals surface area (Å²) >= 11 is 1.48. The maximum absolute atomic E-state index is 10.9. The van der Waals surface area contributed by atoms with Gasteiger partial charge in [0.05, 0.1) is 11.1 Å². The van der Waals surface area contributed by atoms with Crippen molar-refractivity contribution in [2.24, 2.45) is 0 Å². The zero-order valence-corrected chi connectivity index (χ0v) is 21.2. The van der Waals surface area contributed by atoms with Crippen LogP contribution in [-0.4, -0.2) is 55.0 Å². The van der Waals surface area contributed by atoms with Crippen molar-refractivity contribution >= 4 is 28.0 Å². The van der Waals surface area contributed by atoms with Crippen molar-refractivity contribution in [2.75, 3.05) is 18.0 Å². The minimum Gasteiger partial charge on any atom is -0.482 e. The Hall–Kier alpha value is -4.05. The first-order valence-electron chi connectivity index (χ1n) is 12.3. The molecule has 4 aromatic rings. The van der Waals surface area contributed by atoms with E-state index >= 15 is 0 Å². The van der Waals surface area contributed by atoms with Crippen LogP contribution in [0, 0.1) is 0 Å². The standard InChI is InChI=1S/C27H26N6O3S/c1-2-18-7-3-4-8-19(18)21-15-27(36-22-10-6-5-9-20(21)22)11-13-32(14-12-27)26-28-16-23(37-26)25-29-31-33(30-25)17-24(34)35/h3-10,15-16H,2,11-14,17H2,1H3,(H,34,35). The number of aryl methyl sites for hydroxylation is 1. The number of para-hydroxylation sites is 1. The van der Waals surface area contributed by atoms with E-state index in [-0.39, 0.29) is 12.1 Å². The molecule has 188 valence electrons. The van der Waals surface area contributed by atoms with Gasteiger partial charge in [-0.25, -0.2) is 4.98 Å². The summed E-state index contributed by atoms with van der Waals surface area (Å²) in [5, 5.41) is 21.8. The van der Waals surface area contributed by atoms with Crippen LogP contribution >= 0.6 is 11.3 Å². The monoisotopic (exact) mass is 514 g/mol. The lowest BCUT2D eigenvalue weighted by molar-refractivity contribution is -0.138. The van der Waals surface area contributed by atoms with Gasteiger partial charge in [-0.15, -0.1) is 10.2 Å². The van der Waals surface area contributed by atoms with Crippen LogP contribution in [-0.2, 0) is 17.8 Å². The van der Waals surface area contributed by atoms with Crippen molar-refractivity contribution in [3.05, 3.63) is 77.5 Å². The number of fused-ring (bicyclic) bond motifs is 1. The normalized spacial score (nSPS) is 16.2. The van der Waals surface area contributed by atoms with E-state index in [4.69, 9.17) is 9.84 Å². The van der Waals surface area contributed by atoms with Crippen LogP contribution in [0.2, 0.25) is 0 Å². The largest absolute Gasteiger partial charge is 0.482 e. The number of ether oxygens (including phenoxy) is 1. The summed E-state index contributed by atoms with van der Waals surface area (Å²) in [5.41, 5.74) is 4.63. The number of nitrogens with zero attached hydrogens (tertiary/aromatic N) is 6. The lowest BCUT2D eigenvalue weighted by atomic mass is 9.82. The van der Waals surface area contributed by atoms with E-state index in [0.29, 0.717) is 5.82 Å². The minimum absolute atomic E-state index is 0.325. The summed E-state index contributed by atoms with van der Waals surface area (Å²) in [4.78, 5) is 19.6. The van der Waals surface area contributed by atoms with E-state index in [9.17, 15) is 4.79 Å². The van der Waals surface area contributed by atoms with Crippen LogP contribution in [0.5, 0.6) is 5.75 Å². The van der Waals surface area contributed by atoms with Gasteiger partial charge in [0, 0.05) is 31.5 Å². The SMILES string of the molecule is CCc1ccccc1C1=CC2(CCN(c3ncc(-c4nnn(CC(=O)O)n4)s3)CC2)Oc2ccccc21. The Balaban J connectivity index is 1.24. The molecule has 2 aromatic carbocycles. The molecule has 0 bridgehead atoms. The van der Waals surface area contributed by atoms with Gasteiger partial charge >= 0.3 is 5.97 Å². The van der Waals surface area contributed by atoms with Gasteiger partial charge in [0.1, 0.15) is 11.4 Å². The van der Waals surface area contributed by atoms with Crippen LogP contribution in [0.3, 0.4) is 0 Å². The number of benzene rings is 2. The number of thiazole rings is 1. The van der Waals surface area contributed by atoms with Crippen molar-refractivity contribution in [3.63, 3.8) is 0 Å². The van der Waals surface area contributed by atoms with E-state index in [1.165, 1.54) is 28.0 Å². The molecule has 0 atom stereocenters. The molecule has 10 heteroatoms. The quantitative estimate of drug-likeness (QED) is 0.406. The predicted octanol–water partition coefficient (Wildman–Crippen LogP) is 4.31. The summed E-state index contributed by atoms with van der Waals surface area (Å²) in [6.07, 6.45) is 6.71. The average molecular weight is 515 g/mol. The van der Waals surface area contributed by atoms with Crippen molar-refractivity contribution < 1.29 is 14.6 Å². The first kappa shape index (κ1) is 23.4. The van der Waals surface area contributed by atoms with E-state index < -0.39 is 5.97 Å². The fraction of sp³-hybridized carbons (Fsp3) is 0.296. The van der Waals surface area contributed by atoms with E-state index in [0.717, 1.165) is 58.5 Å². The van der Waals surface area contributed by atoms with Gasteiger partial charge in [0.2, 0.25) is 5.82 Å². The number of tetrazole rings is 1. The number of aromatic nitrogens is 5. The molecular weight excluding hydrogens is 488 g/mol. The molecule has 1 fully saturated rings. The fourth-order valence-electron chi connectivity index (χ4n) is 5.05. The molecule has 0 radical (unpaired) electrons. The summed E-state index contributed by atoms with van der Waals surface area (Å²) in [7, 11) is 0. The first-order valence-corrected chi connectivity index (χ1v) is 13.2. The van der Waals surface area contributed by atoms with Gasteiger partial charge in [-0.3, -0.25) is 4.79 Å². The molecule has 0 aliphatic carbocycles. The molecular formula is C27H26N6O3S. The average Bonchev–Trinajstić information content (AvgIpc) is 3.58. The zero-order chi connectivity index (χ0) is 25.4. The highest BCUT2D eigenvalue weighted by Crippen LogP contribution is 2.44. The highest BCUT2D eigenvalue weighted by atomic mass is 32.1. The number of hydrogen-bond acceptors (Lipinski definition) is 8. The topological polar surface area (TPSA) is 106 Å². The third-order valence-electron chi connectivity index (χ3n) is 6.91. The minimum atomic E-state index is -1.01. The molecule has 2 aromatic heterocycles. The lowest BCUT2D eigenvalue weighted by Gasteiger charge is -2.43. The Kier molecular flexibility index (Phi) is 5.96. The number of carboxylic acids is 1. The Morgan fingerprint density at radius 2 is 1.86 bits per heavy atom. The second-order valence-electron chi connectivity index (χ2n) is 9.26. The van der Waals surface area contributed by atoms with E-state index in [1.807, 2.05) is 6.07 Å². The summed E-state index contributed by atoms with van der Waals surface area (Å²) in [5.74, 6) is 0.304. The number of carboxylic acid groups (broad SMARTS) is 1. The van der Waals surface area contributed by atoms with Crippen molar-refractivity contribution in [1.82, 2.24) is 25.2 Å². The number of carbonyl (C=O) groups is 1. The smallest absolute Gasteiger partial charge is 0.327 e. The summed E-state index contributed by atoms with van der Waals surface area (Å²) in [6.45, 7) is 3.47. The highest BCUT2D eigenvalue weighted by molar-refractivity contribution is 7.18. The van der Waals surface area contributed by atoms with Crippen LogP contribution in [0.4, 0.5) is 5.13 Å². The van der Waals surface area contributed by atoms with Crippen molar-refractivity contribution in [2.45, 2.75) is 38.3 Å². The maximum atomic E-state index is 10.9. The summed E-state index contributed by atoms with van der Waals surface area (Å²) in [6, 6.07) is 17.0. The Labute approximate surface area is 218 Å². The van der Waals surface area contributed by atoms with Crippen molar-refractivity contribution in [3.8, 4) is 16.5 Å². The van der Waals surface area contributed by atoms with Crippen LogP contribution in [0.1, 0.15) is 36.5 Å². The number of piperidine rings is 1. The lowest BCUT2D eigenvalue weighted by Crippen LogP contribution is -2.48. The fourth-order valence-corrected chi connectivity index (χ4v) is 5.94. The molecule has 1 saturated heterocycles. The molecule has 0 unspecified atom stereocenters. The number of anilines is 1. The maximum Gasteiger partial charge on any atom is 0.327 e. The highest BCUT2D eigenvalue weighted by Gasteiger charge is 2.39. The van der Waals surface area contributed by atoms with Gasteiger partial charge in [0.25, 0.3) is 0 Å². The number of rotatable bonds is 6. The molecule has 1 spiro atoms. The molecule has 1 N–H and O–H groups in total. The van der Waals surface area contributed by atoms with E-state index in [1.54, 1.807) is 6.20 Å². The van der Waals surface area contributed by atoms with Crippen LogP contribution in [0.25, 0.3) is 16.3 Å². The molecule has 4 heterocycles. The van der Waals surface area contributed by atoms with Crippen LogP contribution < -0.4 is 9.64 Å². The molecule has 0 amide bonds. The van der Waals surface area contributed by atoms with Gasteiger partial charge < -0.3 is 14.7 Å². The van der Waals surface area contributed by atoms with Gasteiger partial charge in [-0.1, -0.05) is 60.7 Å². The number of hydrogen-bond donors (Lipinski definition) is 1. The Bertz CT molecular complexity index is 1480. The first-order chi connectivity index (χ1) is 18.0. The summed E-state index contributed by atoms with van der Waals surface area (Å²) < 4.78 is 6.68. The molecule has 9 nitrogen and oxygen atoms in total. The third-order valence-corrected chi connectivity index (χ3v) is 7.96. The third kappa shape index (κ3) is 4.48. The molecule has 0 saturated carbocycles. The second kappa shape index (κ2) is 9.44.